The lowest BCUT2D eigenvalue weighted by atomic mass is 10.3. The molecule has 0 aliphatic rings. The zero-order valence-corrected chi connectivity index (χ0v) is 15.4. The van der Waals surface area contributed by atoms with Crippen LogP contribution in [-0.4, -0.2) is 38.3 Å². The molecule has 2 aromatic rings. The summed E-state index contributed by atoms with van der Waals surface area (Å²) in [6, 6.07) is 15.4. The third-order valence-corrected chi connectivity index (χ3v) is 5.82. The first-order valence-electron chi connectivity index (χ1n) is 7.97. The summed E-state index contributed by atoms with van der Waals surface area (Å²) < 4.78 is 26.1. The van der Waals surface area contributed by atoms with E-state index in [4.69, 9.17) is 0 Å². The smallest absolute Gasteiger partial charge is 0.243 e. The van der Waals surface area contributed by atoms with Gasteiger partial charge in [0.05, 0.1) is 11.4 Å². The number of para-hydroxylation sites is 1. The van der Waals surface area contributed by atoms with Gasteiger partial charge in [0, 0.05) is 24.5 Å². The molecule has 0 unspecified atom stereocenters. The molecule has 0 aliphatic carbocycles. The van der Waals surface area contributed by atoms with Gasteiger partial charge in [-0.15, -0.1) is 0 Å². The van der Waals surface area contributed by atoms with Crippen LogP contribution in [0.1, 0.15) is 13.8 Å². The van der Waals surface area contributed by atoms with Gasteiger partial charge in [-0.25, -0.2) is 8.42 Å². The van der Waals surface area contributed by atoms with Crippen molar-refractivity contribution in [3.05, 3.63) is 54.6 Å². The van der Waals surface area contributed by atoms with E-state index in [-0.39, 0.29) is 23.4 Å². The van der Waals surface area contributed by atoms with Gasteiger partial charge in [0.1, 0.15) is 0 Å². The molecule has 0 atom stereocenters. The zero-order chi connectivity index (χ0) is 18.4. The fourth-order valence-electron chi connectivity index (χ4n) is 2.10. The first-order valence-corrected chi connectivity index (χ1v) is 9.41. The molecule has 0 radical (unpaired) electrons. The molecule has 2 aromatic carbocycles. The molecule has 0 fully saturated rings. The van der Waals surface area contributed by atoms with Gasteiger partial charge in [-0.1, -0.05) is 18.2 Å². The quantitative estimate of drug-likeness (QED) is 0.795. The van der Waals surface area contributed by atoms with Crippen LogP contribution in [0.4, 0.5) is 11.4 Å². The Labute approximate surface area is 148 Å². The third-order valence-electron chi connectivity index (χ3n) is 3.77. The molecular weight excluding hydrogens is 338 g/mol. The molecule has 134 valence electrons. The number of sulfonamides is 1. The number of nitrogens with zero attached hydrogens (tertiary/aromatic N) is 1. The SMILES string of the molecule is CC(C)N(C)S(=O)(=O)c1ccc(NCC(=O)Nc2ccccc2)cc1. The Hall–Kier alpha value is -2.38. The highest BCUT2D eigenvalue weighted by molar-refractivity contribution is 7.89. The second-order valence-corrected chi connectivity index (χ2v) is 7.90. The van der Waals surface area contributed by atoms with E-state index in [1.165, 1.54) is 16.4 Å². The molecule has 6 nitrogen and oxygen atoms in total. The minimum absolute atomic E-state index is 0.0902. The van der Waals surface area contributed by atoms with E-state index >= 15 is 0 Å². The minimum atomic E-state index is -3.50. The molecule has 0 saturated carbocycles. The van der Waals surface area contributed by atoms with Crippen LogP contribution in [-0.2, 0) is 14.8 Å². The number of anilines is 2. The van der Waals surface area contributed by atoms with E-state index in [0.717, 1.165) is 5.69 Å². The molecule has 0 aromatic heterocycles. The molecular formula is C18H23N3O3S. The molecule has 0 bridgehead atoms. The van der Waals surface area contributed by atoms with Crippen LogP contribution in [0.5, 0.6) is 0 Å². The maximum Gasteiger partial charge on any atom is 0.243 e. The topological polar surface area (TPSA) is 78.5 Å². The maximum atomic E-state index is 12.4. The Balaban J connectivity index is 1.95. The minimum Gasteiger partial charge on any atom is -0.376 e. The number of hydrogen-bond acceptors (Lipinski definition) is 4. The van der Waals surface area contributed by atoms with Crippen LogP contribution in [0.2, 0.25) is 0 Å². The van der Waals surface area contributed by atoms with E-state index in [1.54, 1.807) is 19.2 Å². The number of carbonyl (C=O) groups excluding carboxylic acids is 1. The van der Waals surface area contributed by atoms with Gasteiger partial charge in [0.2, 0.25) is 15.9 Å². The number of rotatable bonds is 7. The zero-order valence-electron chi connectivity index (χ0n) is 14.6. The van der Waals surface area contributed by atoms with Crippen molar-refractivity contribution in [3.63, 3.8) is 0 Å². The summed E-state index contributed by atoms with van der Waals surface area (Å²) in [6.45, 7) is 3.73. The first-order chi connectivity index (χ1) is 11.8. The van der Waals surface area contributed by atoms with Gasteiger partial charge in [-0.05, 0) is 50.2 Å². The molecule has 0 heterocycles. The average Bonchev–Trinajstić information content (AvgIpc) is 2.60. The Morgan fingerprint density at radius 2 is 1.60 bits per heavy atom. The van der Waals surface area contributed by atoms with Crippen LogP contribution in [0.25, 0.3) is 0 Å². The molecule has 2 rings (SSSR count). The van der Waals surface area contributed by atoms with Crippen LogP contribution >= 0.6 is 0 Å². The first kappa shape index (κ1) is 19.0. The second kappa shape index (κ2) is 8.13. The summed E-state index contributed by atoms with van der Waals surface area (Å²) in [5.41, 5.74) is 1.40. The summed E-state index contributed by atoms with van der Waals surface area (Å²) in [6.07, 6.45) is 0. The van der Waals surface area contributed by atoms with Gasteiger partial charge in [0.15, 0.2) is 0 Å². The predicted octanol–water partition coefficient (Wildman–Crippen LogP) is 2.77. The van der Waals surface area contributed by atoms with Crippen LogP contribution in [0.15, 0.2) is 59.5 Å². The highest BCUT2D eigenvalue weighted by Crippen LogP contribution is 2.19. The van der Waals surface area contributed by atoms with E-state index < -0.39 is 10.0 Å². The van der Waals surface area contributed by atoms with Gasteiger partial charge in [0.25, 0.3) is 0 Å². The number of carbonyl (C=O) groups is 1. The summed E-state index contributed by atoms with van der Waals surface area (Å²) >= 11 is 0. The lowest BCUT2D eigenvalue weighted by molar-refractivity contribution is -0.114. The summed E-state index contributed by atoms with van der Waals surface area (Å²) in [4.78, 5) is 12.1. The lowest BCUT2D eigenvalue weighted by Crippen LogP contribution is -2.33. The Morgan fingerprint density at radius 1 is 1.00 bits per heavy atom. The summed E-state index contributed by atoms with van der Waals surface area (Å²) in [5.74, 6) is -0.178. The predicted molar refractivity (Wildman–Crippen MR) is 100 cm³/mol. The van der Waals surface area contributed by atoms with E-state index in [2.05, 4.69) is 10.6 Å². The standard InChI is InChI=1S/C18H23N3O3S/c1-14(2)21(3)25(23,24)17-11-9-15(10-12-17)19-13-18(22)20-16-7-5-4-6-8-16/h4-12,14,19H,13H2,1-3H3,(H,20,22). The Kier molecular flexibility index (Phi) is 6.17. The van der Waals surface area contributed by atoms with Crippen molar-refractivity contribution in [2.24, 2.45) is 0 Å². The Morgan fingerprint density at radius 3 is 2.16 bits per heavy atom. The molecule has 0 spiro atoms. The summed E-state index contributed by atoms with van der Waals surface area (Å²) in [7, 11) is -1.95. The molecule has 7 heteroatoms. The van der Waals surface area contributed by atoms with Crippen molar-refractivity contribution >= 4 is 27.3 Å². The van der Waals surface area contributed by atoms with Crippen molar-refractivity contribution in [3.8, 4) is 0 Å². The third kappa shape index (κ3) is 5.04. The van der Waals surface area contributed by atoms with Crippen LogP contribution < -0.4 is 10.6 Å². The molecule has 1 amide bonds. The fraction of sp³-hybridized carbons (Fsp3) is 0.278. The maximum absolute atomic E-state index is 12.4. The van der Waals surface area contributed by atoms with Gasteiger partial charge in [-0.3, -0.25) is 4.79 Å². The highest BCUT2D eigenvalue weighted by atomic mass is 32.2. The lowest BCUT2D eigenvalue weighted by Gasteiger charge is -2.21. The fourth-order valence-corrected chi connectivity index (χ4v) is 3.47. The van der Waals surface area contributed by atoms with Crippen LogP contribution in [0, 0.1) is 0 Å². The number of benzene rings is 2. The molecule has 2 N–H and O–H groups in total. The van der Waals surface area contributed by atoms with Gasteiger partial charge < -0.3 is 10.6 Å². The second-order valence-electron chi connectivity index (χ2n) is 5.91. The number of amides is 1. The number of nitrogens with one attached hydrogen (secondary N) is 2. The molecule has 25 heavy (non-hydrogen) atoms. The summed E-state index contributed by atoms with van der Waals surface area (Å²) in [5, 5.41) is 5.75. The largest absolute Gasteiger partial charge is 0.376 e. The van der Waals surface area contributed by atoms with Gasteiger partial charge in [-0.2, -0.15) is 4.31 Å². The van der Waals surface area contributed by atoms with Crippen molar-refractivity contribution in [2.75, 3.05) is 24.2 Å². The van der Waals surface area contributed by atoms with E-state index in [9.17, 15) is 13.2 Å². The van der Waals surface area contributed by atoms with Crippen molar-refractivity contribution < 1.29 is 13.2 Å². The monoisotopic (exact) mass is 361 g/mol. The van der Waals surface area contributed by atoms with Crippen molar-refractivity contribution in [1.82, 2.24) is 4.31 Å². The van der Waals surface area contributed by atoms with Crippen molar-refractivity contribution in [2.45, 2.75) is 24.8 Å². The van der Waals surface area contributed by atoms with Crippen molar-refractivity contribution in [1.29, 1.82) is 0 Å². The average molecular weight is 361 g/mol. The van der Waals surface area contributed by atoms with Crippen LogP contribution in [0.3, 0.4) is 0 Å². The van der Waals surface area contributed by atoms with Gasteiger partial charge >= 0.3 is 0 Å². The van der Waals surface area contributed by atoms with E-state index in [1.807, 2.05) is 44.2 Å². The highest BCUT2D eigenvalue weighted by Gasteiger charge is 2.22. The van der Waals surface area contributed by atoms with E-state index in [0.29, 0.717) is 5.69 Å². The Bertz CT molecular complexity index is 803. The normalized spacial score (nSPS) is 11.6. The molecule has 0 aliphatic heterocycles. The number of hydrogen-bond donors (Lipinski definition) is 2. The molecule has 0 saturated heterocycles.